The first-order valence-electron chi connectivity index (χ1n) is 4.31. The van der Waals surface area contributed by atoms with Crippen LogP contribution in [-0.2, 0) is 16.0 Å². The molecule has 0 spiro atoms. The lowest BCUT2D eigenvalue weighted by atomic mass is 10.0. The summed E-state index contributed by atoms with van der Waals surface area (Å²) in [6.45, 7) is 0. The van der Waals surface area contributed by atoms with Crippen LogP contribution in [0.4, 0.5) is 11.4 Å². The lowest BCUT2D eigenvalue weighted by molar-refractivity contribution is -0.116. The van der Waals surface area contributed by atoms with Crippen molar-refractivity contribution in [3.63, 3.8) is 0 Å². The second-order valence-electron chi connectivity index (χ2n) is 3.05. The van der Waals surface area contributed by atoms with Crippen LogP contribution in [-0.4, -0.2) is 12.0 Å². The number of aliphatic imine (C=N–C) groups is 1. The molecule has 1 aromatic carbocycles. The fraction of sp³-hybridized carbons (Fsp3) is 0.200. The third kappa shape index (κ3) is 1.43. The van der Waals surface area contributed by atoms with E-state index >= 15 is 0 Å². The van der Waals surface area contributed by atoms with Gasteiger partial charge in [0, 0.05) is 17.7 Å². The predicted molar refractivity (Wildman–Crippen MR) is 51.2 cm³/mol. The molecule has 1 aliphatic rings. The Kier molecular flexibility index (Phi) is 2.13. The van der Waals surface area contributed by atoms with Crippen LogP contribution in [0.15, 0.2) is 23.2 Å². The van der Waals surface area contributed by atoms with Crippen LogP contribution in [0.25, 0.3) is 0 Å². The molecule has 2 rings (SSSR count). The number of nitrogens with zero attached hydrogens (tertiary/aromatic N) is 1. The van der Waals surface area contributed by atoms with Crippen molar-refractivity contribution in [2.24, 2.45) is 4.99 Å². The van der Waals surface area contributed by atoms with Gasteiger partial charge in [0.25, 0.3) is 0 Å². The molecule has 0 saturated carbocycles. The van der Waals surface area contributed by atoms with Gasteiger partial charge in [0.1, 0.15) is 0 Å². The van der Waals surface area contributed by atoms with Gasteiger partial charge in [-0.05, 0) is 18.6 Å². The summed E-state index contributed by atoms with van der Waals surface area (Å²) in [5.41, 5.74) is 2.26. The molecule has 0 saturated heterocycles. The standard InChI is InChI=1S/C10H8N2O2/c13-6-11-8-2-1-3-9-7(8)4-5-10(14)12-9/h1-3H,4-5H2,(H,12,14). The van der Waals surface area contributed by atoms with Crippen LogP contribution in [0.1, 0.15) is 12.0 Å². The maximum absolute atomic E-state index is 11.1. The van der Waals surface area contributed by atoms with Crippen molar-refractivity contribution in [1.82, 2.24) is 0 Å². The number of fused-ring (bicyclic) bond motifs is 1. The second kappa shape index (κ2) is 3.44. The summed E-state index contributed by atoms with van der Waals surface area (Å²) in [6, 6.07) is 5.29. The molecular formula is C10H8N2O2. The average molecular weight is 188 g/mol. The Balaban J connectivity index is 2.51. The summed E-state index contributed by atoms with van der Waals surface area (Å²) in [4.78, 5) is 24.8. The first kappa shape index (κ1) is 8.66. The largest absolute Gasteiger partial charge is 0.326 e. The number of hydrogen-bond donors (Lipinski definition) is 1. The fourth-order valence-electron chi connectivity index (χ4n) is 1.56. The molecular weight excluding hydrogens is 180 g/mol. The van der Waals surface area contributed by atoms with Crippen LogP contribution < -0.4 is 5.32 Å². The van der Waals surface area contributed by atoms with E-state index in [2.05, 4.69) is 10.3 Å². The van der Waals surface area contributed by atoms with E-state index in [9.17, 15) is 9.59 Å². The predicted octanol–water partition coefficient (Wildman–Crippen LogP) is 1.54. The lowest BCUT2D eigenvalue weighted by Gasteiger charge is -2.17. The van der Waals surface area contributed by atoms with E-state index in [1.54, 1.807) is 18.2 Å². The highest BCUT2D eigenvalue weighted by Gasteiger charge is 2.16. The van der Waals surface area contributed by atoms with Crippen LogP contribution in [0.2, 0.25) is 0 Å². The Labute approximate surface area is 80.7 Å². The molecule has 1 amide bonds. The van der Waals surface area contributed by atoms with E-state index in [-0.39, 0.29) is 5.91 Å². The number of carbonyl (C=O) groups is 1. The number of benzene rings is 1. The Morgan fingerprint density at radius 2 is 2.21 bits per heavy atom. The monoisotopic (exact) mass is 188 g/mol. The number of amides is 1. The summed E-state index contributed by atoms with van der Waals surface area (Å²) in [7, 11) is 0. The highest BCUT2D eigenvalue weighted by Crippen LogP contribution is 2.30. The first-order valence-corrected chi connectivity index (χ1v) is 4.31. The first-order chi connectivity index (χ1) is 6.81. The number of anilines is 1. The highest BCUT2D eigenvalue weighted by atomic mass is 16.1. The van der Waals surface area contributed by atoms with E-state index < -0.39 is 0 Å². The van der Waals surface area contributed by atoms with Crippen LogP contribution in [0.5, 0.6) is 0 Å². The molecule has 0 fully saturated rings. The number of rotatable bonds is 1. The van der Waals surface area contributed by atoms with Crippen molar-refractivity contribution in [3.05, 3.63) is 23.8 Å². The van der Waals surface area contributed by atoms with Gasteiger partial charge in [0.15, 0.2) is 0 Å². The third-order valence-electron chi connectivity index (χ3n) is 2.19. The van der Waals surface area contributed by atoms with Gasteiger partial charge in [0.05, 0.1) is 5.69 Å². The summed E-state index contributed by atoms with van der Waals surface area (Å²) < 4.78 is 0. The maximum Gasteiger partial charge on any atom is 0.240 e. The van der Waals surface area contributed by atoms with Crippen molar-refractivity contribution in [2.75, 3.05) is 5.32 Å². The van der Waals surface area contributed by atoms with Gasteiger partial charge < -0.3 is 5.32 Å². The Hall–Kier alpha value is -1.93. The summed E-state index contributed by atoms with van der Waals surface area (Å²) >= 11 is 0. The van der Waals surface area contributed by atoms with Gasteiger partial charge in [-0.2, -0.15) is 4.99 Å². The Morgan fingerprint density at radius 1 is 1.36 bits per heavy atom. The van der Waals surface area contributed by atoms with Crippen molar-refractivity contribution in [3.8, 4) is 0 Å². The molecule has 0 atom stereocenters. The zero-order valence-corrected chi connectivity index (χ0v) is 7.41. The smallest absolute Gasteiger partial charge is 0.240 e. The topological polar surface area (TPSA) is 58.5 Å². The highest BCUT2D eigenvalue weighted by molar-refractivity contribution is 5.95. The molecule has 0 aromatic heterocycles. The zero-order chi connectivity index (χ0) is 9.97. The summed E-state index contributed by atoms with van der Waals surface area (Å²) in [6.07, 6.45) is 2.58. The molecule has 0 radical (unpaired) electrons. The molecule has 1 aliphatic heterocycles. The van der Waals surface area contributed by atoms with Gasteiger partial charge in [0.2, 0.25) is 12.0 Å². The molecule has 14 heavy (non-hydrogen) atoms. The number of nitrogens with one attached hydrogen (secondary N) is 1. The molecule has 0 bridgehead atoms. The van der Waals surface area contributed by atoms with E-state index in [4.69, 9.17) is 0 Å². The second-order valence-corrected chi connectivity index (χ2v) is 3.05. The van der Waals surface area contributed by atoms with Gasteiger partial charge >= 0.3 is 0 Å². The SMILES string of the molecule is O=C=Nc1cccc2c1CCC(=O)N2. The van der Waals surface area contributed by atoms with Crippen molar-refractivity contribution in [1.29, 1.82) is 0 Å². The molecule has 1 heterocycles. The molecule has 4 heteroatoms. The van der Waals surface area contributed by atoms with Crippen molar-refractivity contribution < 1.29 is 9.59 Å². The molecule has 0 unspecified atom stereocenters. The quantitative estimate of drug-likeness (QED) is 0.536. The minimum atomic E-state index is 0.00438. The van der Waals surface area contributed by atoms with E-state index in [1.165, 1.54) is 6.08 Å². The zero-order valence-electron chi connectivity index (χ0n) is 7.41. The summed E-state index contributed by atoms with van der Waals surface area (Å²) in [5, 5.41) is 2.73. The van der Waals surface area contributed by atoms with Crippen LogP contribution in [0.3, 0.4) is 0 Å². The fourth-order valence-corrected chi connectivity index (χ4v) is 1.56. The Bertz CT molecular complexity index is 434. The molecule has 0 aliphatic carbocycles. The van der Waals surface area contributed by atoms with Crippen molar-refractivity contribution >= 4 is 23.4 Å². The Morgan fingerprint density at radius 3 is 3.00 bits per heavy atom. The van der Waals surface area contributed by atoms with Crippen LogP contribution >= 0.6 is 0 Å². The summed E-state index contributed by atoms with van der Waals surface area (Å²) in [5.74, 6) is 0.00438. The maximum atomic E-state index is 11.1. The number of hydrogen-bond acceptors (Lipinski definition) is 3. The van der Waals surface area contributed by atoms with Gasteiger partial charge in [-0.15, -0.1) is 0 Å². The molecule has 1 aromatic rings. The van der Waals surface area contributed by atoms with Crippen molar-refractivity contribution in [2.45, 2.75) is 12.8 Å². The lowest BCUT2D eigenvalue weighted by Crippen LogP contribution is -2.18. The third-order valence-corrected chi connectivity index (χ3v) is 2.19. The van der Waals surface area contributed by atoms with Gasteiger partial charge in [-0.1, -0.05) is 6.07 Å². The van der Waals surface area contributed by atoms with E-state index in [0.717, 1.165) is 11.3 Å². The number of carbonyl (C=O) groups excluding carboxylic acids is 2. The normalized spacial score (nSPS) is 13.9. The number of isocyanates is 1. The average Bonchev–Trinajstić information content (AvgIpc) is 2.18. The molecule has 4 nitrogen and oxygen atoms in total. The van der Waals surface area contributed by atoms with Gasteiger partial charge in [-0.25, -0.2) is 4.79 Å². The van der Waals surface area contributed by atoms with E-state index in [0.29, 0.717) is 18.5 Å². The molecule has 70 valence electrons. The van der Waals surface area contributed by atoms with E-state index in [1.807, 2.05) is 0 Å². The minimum Gasteiger partial charge on any atom is -0.326 e. The van der Waals surface area contributed by atoms with Crippen LogP contribution in [0, 0.1) is 0 Å². The van der Waals surface area contributed by atoms with Gasteiger partial charge in [-0.3, -0.25) is 4.79 Å². The molecule has 1 N–H and O–H groups in total. The minimum absolute atomic E-state index is 0.00438.